The molecule has 1 saturated heterocycles. The third kappa shape index (κ3) is 2.04. The molecule has 0 aromatic rings. The molecule has 0 bridgehead atoms. The molecule has 0 radical (unpaired) electrons. The van der Waals surface area contributed by atoms with Gasteiger partial charge in [0.05, 0.1) is 24.7 Å². The Morgan fingerprint density at radius 2 is 1.92 bits per heavy atom. The first-order valence-corrected chi connectivity index (χ1v) is 10.1. The smallest absolute Gasteiger partial charge is 0.172 e. The van der Waals surface area contributed by atoms with Crippen LogP contribution in [0, 0.1) is 34.0 Å². The second kappa shape index (κ2) is 5.21. The first-order valence-electron chi connectivity index (χ1n) is 10.1. The van der Waals surface area contributed by atoms with Gasteiger partial charge >= 0.3 is 0 Å². The van der Waals surface area contributed by atoms with E-state index >= 15 is 0 Å². The van der Waals surface area contributed by atoms with Gasteiger partial charge in [-0.15, -0.1) is 0 Å². The fraction of sp³-hybridized carbons (Fsp3) is 0.773. The van der Waals surface area contributed by atoms with Crippen LogP contribution in [-0.2, 0) is 9.47 Å². The Morgan fingerprint density at radius 3 is 2.68 bits per heavy atom. The van der Waals surface area contributed by atoms with Crippen LogP contribution in [0.4, 0.5) is 0 Å². The van der Waals surface area contributed by atoms with E-state index in [0.717, 1.165) is 45.3 Å². The van der Waals surface area contributed by atoms with Crippen LogP contribution in [-0.4, -0.2) is 19.0 Å². The molecule has 25 heavy (non-hydrogen) atoms. The third-order valence-electron chi connectivity index (χ3n) is 8.50. The normalized spacial score (nSPS) is 44.8. The standard InChI is InChI=1S/C22H29NO2/c1-20(14-23)8-7-19-18-4-3-15-13-22(24-11-12-25-22)10-6-16(15)17(18)5-9-21(19,20)2/h5,18-19H,3-4,6-13H2,1-2H3/t18?,19?,20-,21?/m1/s1. The Kier molecular flexibility index (Phi) is 3.35. The topological polar surface area (TPSA) is 42.2 Å². The highest BCUT2D eigenvalue weighted by Gasteiger charge is 2.59. The van der Waals surface area contributed by atoms with E-state index in [-0.39, 0.29) is 16.6 Å². The molecule has 5 rings (SSSR count). The fourth-order valence-electron chi connectivity index (χ4n) is 6.73. The molecule has 4 atom stereocenters. The van der Waals surface area contributed by atoms with E-state index in [9.17, 15) is 5.26 Å². The molecule has 0 aromatic carbocycles. The van der Waals surface area contributed by atoms with Crippen molar-refractivity contribution in [3.05, 3.63) is 22.8 Å². The van der Waals surface area contributed by atoms with Crippen molar-refractivity contribution < 1.29 is 9.47 Å². The minimum Gasteiger partial charge on any atom is -0.347 e. The highest BCUT2D eigenvalue weighted by molar-refractivity contribution is 5.45. The van der Waals surface area contributed by atoms with Crippen LogP contribution in [0.25, 0.3) is 0 Å². The summed E-state index contributed by atoms with van der Waals surface area (Å²) in [5.74, 6) is 1.05. The molecule has 3 unspecified atom stereocenters. The van der Waals surface area contributed by atoms with E-state index < -0.39 is 0 Å². The first-order chi connectivity index (χ1) is 12.0. The highest BCUT2D eigenvalue weighted by Crippen LogP contribution is 2.65. The van der Waals surface area contributed by atoms with Crippen molar-refractivity contribution in [2.75, 3.05) is 13.2 Å². The summed E-state index contributed by atoms with van der Waals surface area (Å²) in [7, 11) is 0. The Balaban J connectivity index is 1.49. The van der Waals surface area contributed by atoms with Gasteiger partial charge in [-0.05, 0) is 73.8 Å². The summed E-state index contributed by atoms with van der Waals surface area (Å²) in [6, 6.07) is 2.69. The monoisotopic (exact) mass is 339 g/mol. The van der Waals surface area contributed by atoms with Crippen molar-refractivity contribution in [2.24, 2.45) is 22.7 Å². The summed E-state index contributed by atoms with van der Waals surface area (Å²) in [6.07, 6.45) is 11.4. The highest BCUT2D eigenvalue weighted by atomic mass is 16.7. The van der Waals surface area contributed by atoms with Gasteiger partial charge in [0.15, 0.2) is 5.79 Å². The lowest BCUT2D eigenvalue weighted by atomic mass is 9.54. The lowest BCUT2D eigenvalue weighted by Gasteiger charge is -2.50. The minimum atomic E-state index is -0.303. The average molecular weight is 339 g/mol. The Hall–Kier alpha value is -1.11. The molecule has 2 fully saturated rings. The lowest BCUT2D eigenvalue weighted by Crippen LogP contribution is -2.43. The van der Waals surface area contributed by atoms with E-state index in [4.69, 9.17) is 9.47 Å². The summed E-state index contributed by atoms with van der Waals surface area (Å²) in [6.45, 7) is 6.10. The molecular formula is C22H29NO2. The zero-order valence-corrected chi connectivity index (χ0v) is 15.6. The molecule has 1 spiro atoms. The van der Waals surface area contributed by atoms with Gasteiger partial charge in [0, 0.05) is 12.8 Å². The van der Waals surface area contributed by atoms with Gasteiger partial charge < -0.3 is 9.47 Å². The third-order valence-corrected chi connectivity index (χ3v) is 8.50. The molecule has 0 amide bonds. The predicted molar refractivity (Wildman–Crippen MR) is 95.5 cm³/mol. The molecule has 3 nitrogen and oxygen atoms in total. The second-order valence-corrected chi connectivity index (χ2v) is 9.38. The van der Waals surface area contributed by atoms with Crippen molar-refractivity contribution in [1.82, 2.24) is 0 Å². The van der Waals surface area contributed by atoms with Gasteiger partial charge in [-0.1, -0.05) is 18.6 Å². The van der Waals surface area contributed by atoms with E-state index in [1.54, 1.807) is 16.7 Å². The van der Waals surface area contributed by atoms with E-state index in [2.05, 4.69) is 26.0 Å². The summed E-state index contributed by atoms with van der Waals surface area (Å²) in [4.78, 5) is 0. The van der Waals surface area contributed by atoms with Gasteiger partial charge in [0.2, 0.25) is 0 Å². The largest absolute Gasteiger partial charge is 0.347 e. The molecular weight excluding hydrogens is 310 g/mol. The van der Waals surface area contributed by atoms with Crippen molar-refractivity contribution >= 4 is 0 Å². The van der Waals surface area contributed by atoms with Crippen LogP contribution in [0.5, 0.6) is 0 Å². The Bertz CT molecular complexity index is 708. The van der Waals surface area contributed by atoms with Crippen LogP contribution in [0.1, 0.15) is 65.2 Å². The van der Waals surface area contributed by atoms with Gasteiger partial charge in [-0.2, -0.15) is 5.26 Å². The number of allylic oxidation sites excluding steroid dienone is 3. The maximum atomic E-state index is 9.82. The number of rotatable bonds is 0. The second-order valence-electron chi connectivity index (χ2n) is 9.38. The van der Waals surface area contributed by atoms with Crippen LogP contribution in [0.2, 0.25) is 0 Å². The number of nitriles is 1. The van der Waals surface area contributed by atoms with E-state index in [1.807, 2.05) is 0 Å². The molecule has 1 heterocycles. The summed E-state index contributed by atoms with van der Waals surface area (Å²) in [5.41, 5.74) is 4.87. The summed E-state index contributed by atoms with van der Waals surface area (Å²) >= 11 is 0. The summed E-state index contributed by atoms with van der Waals surface area (Å²) < 4.78 is 12.0. The van der Waals surface area contributed by atoms with Crippen LogP contribution >= 0.6 is 0 Å². The SMILES string of the molecule is CC12CC=C3C4=C(CCC3C1CC[C@]2(C)C#N)CC1(CC4)OCCO1. The molecule has 0 N–H and O–H groups in total. The van der Waals surface area contributed by atoms with E-state index in [1.165, 1.54) is 19.3 Å². The van der Waals surface area contributed by atoms with Crippen LogP contribution < -0.4 is 0 Å². The Labute approximate surface area is 151 Å². The first kappa shape index (κ1) is 16.1. The number of hydrogen-bond acceptors (Lipinski definition) is 3. The number of nitrogens with zero attached hydrogens (tertiary/aromatic N) is 1. The van der Waals surface area contributed by atoms with Gasteiger partial charge in [-0.25, -0.2) is 0 Å². The van der Waals surface area contributed by atoms with Crippen molar-refractivity contribution in [3.8, 4) is 6.07 Å². The number of fused-ring (bicyclic) bond motifs is 4. The maximum Gasteiger partial charge on any atom is 0.172 e. The Morgan fingerprint density at radius 1 is 1.12 bits per heavy atom. The molecule has 3 heteroatoms. The van der Waals surface area contributed by atoms with Crippen molar-refractivity contribution in [1.29, 1.82) is 5.26 Å². The lowest BCUT2D eigenvalue weighted by molar-refractivity contribution is -0.164. The number of hydrogen-bond donors (Lipinski definition) is 0. The van der Waals surface area contributed by atoms with Gasteiger partial charge in [0.1, 0.15) is 0 Å². The van der Waals surface area contributed by atoms with E-state index in [0.29, 0.717) is 11.8 Å². The minimum absolute atomic E-state index is 0.154. The van der Waals surface area contributed by atoms with Crippen LogP contribution in [0.3, 0.4) is 0 Å². The number of ether oxygens (including phenoxy) is 2. The van der Waals surface area contributed by atoms with Crippen molar-refractivity contribution in [3.63, 3.8) is 0 Å². The molecule has 5 aliphatic rings. The molecule has 1 aliphatic heterocycles. The average Bonchev–Trinajstić information content (AvgIpc) is 3.18. The van der Waals surface area contributed by atoms with Crippen molar-refractivity contribution in [2.45, 2.75) is 71.0 Å². The molecule has 1 saturated carbocycles. The fourth-order valence-corrected chi connectivity index (χ4v) is 6.73. The zero-order valence-electron chi connectivity index (χ0n) is 15.6. The van der Waals surface area contributed by atoms with Crippen LogP contribution in [0.15, 0.2) is 22.8 Å². The molecule has 0 aromatic heterocycles. The van der Waals surface area contributed by atoms with Gasteiger partial charge in [-0.3, -0.25) is 0 Å². The molecule has 4 aliphatic carbocycles. The van der Waals surface area contributed by atoms with Gasteiger partial charge in [0.25, 0.3) is 0 Å². The maximum absolute atomic E-state index is 9.82. The molecule has 134 valence electrons. The summed E-state index contributed by atoms with van der Waals surface area (Å²) in [5, 5.41) is 9.82. The zero-order chi connectivity index (χ0) is 17.3. The predicted octanol–water partition coefficient (Wildman–Crippen LogP) is 4.90. The quantitative estimate of drug-likeness (QED) is 0.630.